The van der Waals surface area contributed by atoms with Crippen molar-refractivity contribution in [3.05, 3.63) is 36.7 Å². The van der Waals surface area contributed by atoms with E-state index in [1.807, 2.05) is 43.7 Å². The molecule has 2 aromatic rings. The van der Waals surface area contributed by atoms with E-state index in [-0.39, 0.29) is 11.9 Å². The smallest absolute Gasteiger partial charge is 0.237 e. The molecule has 122 valence electrons. The lowest BCUT2D eigenvalue weighted by molar-refractivity contribution is -0.122. The summed E-state index contributed by atoms with van der Waals surface area (Å²) in [5.41, 5.74) is 2.12. The number of nitrogens with zero attached hydrogens (tertiary/aromatic N) is 2. The van der Waals surface area contributed by atoms with Gasteiger partial charge in [0.25, 0.3) is 0 Å². The Kier molecular flexibility index (Phi) is 4.92. The first-order valence-electron chi connectivity index (χ1n) is 7.95. The van der Waals surface area contributed by atoms with E-state index in [1.165, 1.54) is 0 Å². The van der Waals surface area contributed by atoms with Crippen LogP contribution in [0.4, 0.5) is 0 Å². The van der Waals surface area contributed by atoms with E-state index in [2.05, 4.69) is 15.7 Å². The van der Waals surface area contributed by atoms with Gasteiger partial charge in [-0.15, -0.1) is 0 Å². The van der Waals surface area contributed by atoms with Gasteiger partial charge in [0.1, 0.15) is 12.4 Å². The quantitative estimate of drug-likeness (QED) is 0.790. The fraction of sp³-hybridized carbons (Fsp3) is 0.412. The molecule has 6 nitrogen and oxygen atoms in total. The lowest BCUT2D eigenvalue weighted by atomic mass is 10.1. The summed E-state index contributed by atoms with van der Waals surface area (Å²) in [7, 11) is 1.89. The van der Waals surface area contributed by atoms with Crippen LogP contribution in [0.15, 0.2) is 36.7 Å². The second-order valence-electron chi connectivity index (χ2n) is 5.72. The molecule has 2 N–H and O–H groups in total. The maximum Gasteiger partial charge on any atom is 0.237 e. The standard InChI is InChI=1S/C17H22N4O2/c1-21-12-14(11-20-21)13-4-2-5-15(10-13)23-9-8-19-17(22)16-6-3-7-18-16/h2,4-5,10-12,16,18H,3,6-9H2,1H3,(H,19,22). The normalized spacial score (nSPS) is 17.2. The van der Waals surface area contributed by atoms with Crippen LogP contribution < -0.4 is 15.4 Å². The minimum atomic E-state index is -0.0380. The van der Waals surface area contributed by atoms with Crippen molar-refractivity contribution in [1.82, 2.24) is 20.4 Å². The third kappa shape index (κ3) is 4.10. The summed E-state index contributed by atoms with van der Waals surface area (Å²) in [5, 5.41) is 10.3. The Morgan fingerprint density at radius 3 is 3.13 bits per heavy atom. The van der Waals surface area contributed by atoms with Crippen molar-refractivity contribution in [2.45, 2.75) is 18.9 Å². The van der Waals surface area contributed by atoms with E-state index in [0.717, 1.165) is 36.3 Å². The summed E-state index contributed by atoms with van der Waals surface area (Å²) in [6.07, 6.45) is 5.78. The number of benzene rings is 1. The monoisotopic (exact) mass is 314 g/mol. The van der Waals surface area contributed by atoms with E-state index in [9.17, 15) is 4.79 Å². The van der Waals surface area contributed by atoms with Gasteiger partial charge < -0.3 is 15.4 Å². The van der Waals surface area contributed by atoms with Gasteiger partial charge in [-0.05, 0) is 37.1 Å². The van der Waals surface area contributed by atoms with Gasteiger partial charge in [-0.3, -0.25) is 9.48 Å². The van der Waals surface area contributed by atoms with Gasteiger partial charge in [0, 0.05) is 18.8 Å². The van der Waals surface area contributed by atoms with Gasteiger partial charge in [0.15, 0.2) is 0 Å². The molecule has 0 bridgehead atoms. The summed E-state index contributed by atoms with van der Waals surface area (Å²) in [4.78, 5) is 11.9. The predicted molar refractivity (Wildman–Crippen MR) is 88.2 cm³/mol. The zero-order chi connectivity index (χ0) is 16.1. The molecule has 0 radical (unpaired) electrons. The number of carbonyl (C=O) groups is 1. The van der Waals surface area contributed by atoms with Gasteiger partial charge in [0.2, 0.25) is 5.91 Å². The molecule has 1 fully saturated rings. The highest BCUT2D eigenvalue weighted by atomic mass is 16.5. The Morgan fingerprint density at radius 1 is 1.48 bits per heavy atom. The molecule has 0 saturated carbocycles. The molecule has 1 unspecified atom stereocenters. The van der Waals surface area contributed by atoms with Crippen LogP contribution in [0.25, 0.3) is 11.1 Å². The highest BCUT2D eigenvalue weighted by Gasteiger charge is 2.21. The van der Waals surface area contributed by atoms with Crippen LogP contribution in [0.2, 0.25) is 0 Å². The van der Waals surface area contributed by atoms with Crippen LogP contribution >= 0.6 is 0 Å². The molecule has 1 saturated heterocycles. The van der Waals surface area contributed by atoms with E-state index < -0.39 is 0 Å². The Hall–Kier alpha value is -2.34. The van der Waals surface area contributed by atoms with E-state index in [4.69, 9.17) is 4.74 Å². The number of hydrogen-bond acceptors (Lipinski definition) is 4. The summed E-state index contributed by atoms with van der Waals surface area (Å²) in [6.45, 7) is 1.89. The van der Waals surface area contributed by atoms with Crippen molar-refractivity contribution < 1.29 is 9.53 Å². The predicted octanol–water partition coefficient (Wildman–Crippen LogP) is 1.33. The summed E-state index contributed by atoms with van der Waals surface area (Å²) in [6, 6.07) is 7.84. The molecule has 1 amide bonds. The van der Waals surface area contributed by atoms with Crippen LogP contribution in [-0.2, 0) is 11.8 Å². The maximum atomic E-state index is 11.9. The summed E-state index contributed by atoms with van der Waals surface area (Å²) >= 11 is 0. The first-order chi connectivity index (χ1) is 11.2. The Morgan fingerprint density at radius 2 is 2.39 bits per heavy atom. The molecule has 2 heterocycles. The summed E-state index contributed by atoms with van der Waals surface area (Å²) < 4.78 is 7.50. The maximum absolute atomic E-state index is 11.9. The molecule has 0 spiro atoms. The summed E-state index contributed by atoms with van der Waals surface area (Å²) in [5.74, 6) is 0.856. The molecular formula is C17H22N4O2. The van der Waals surface area contributed by atoms with Crippen molar-refractivity contribution in [2.24, 2.45) is 7.05 Å². The van der Waals surface area contributed by atoms with Gasteiger partial charge >= 0.3 is 0 Å². The Balaban J connectivity index is 1.48. The molecule has 1 aliphatic rings. The van der Waals surface area contributed by atoms with E-state index >= 15 is 0 Å². The number of hydrogen-bond donors (Lipinski definition) is 2. The molecule has 1 aromatic carbocycles. The molecule has 6 heteroatoms. The second kappa shape index (κ2) is 7.28. The largest absolute Gasteiger partial charge is 0.492 e. The average Bonchev–Trinajstić information content (AvgIpc) is 3.23. The number of ether oxygens (including phenoxy) is 1. The van der Waals surface area contributed by atoms with Crippen molar-refractivity contribution >= 4 is 5.91 Å². The molecule has 1 atom stereocenters. The molecule has 1 aromatic heterocycles. The van der Waals surface area contributed by atoms with Gasteiger partial charge in [0.05, 0.1) is 18.8 Å². The van der Waals surface area contributed by atoms with Crippen molar-refractivity contribution in [2.75, 3.05) is 19.7 Å². The second-order valence-corrected chi connectivity index (χ2v) is 5.72. The van der Waals surface area contributed by atoms with Gasteiger partial charge in [-0.25, -0.2) is 0 Å². The first kappa shape index (κ1) is 15.6. The lowest BCUT2D eigenvalue weighted by Gasteiger charge is -2.12. The minimum Gasteiger partial charge on any atom is -0.492 e. The zero-order valence-electron chi connectivity index (χ0n) is 13.3. The number of rotatable bonds is 6. The van der Waals surface area contributed by atoms with Crippen LogP contribution in [0.3, 0.4) is 0 Å². The van der Waals surface area contributed by atoms with Crippen molar-refractivity contribution in [1.29, 1.82) is 0 Å². The van der Waals surface area contributed by atoms with E-state index in [1.54, 1.807) is 4.68 Å². The first-order valence-corrected chi connectivity index (χ1v) is 7.95. The molecule has 3 rings (SSSR count). The Labute approximate surface area is 135 Å². The van der Waals surface area contributed by atoms with Gasteiger partial charge in [-0.1, -0.05) is 12.1 Å². The van der Waals surface area contributed by atoms with Crippen molar-refractivity contribution in [3.8, 4) is 16.9 Å². The molecular weight excluding hydrogens is 292 g/mol. The highest BCUT2D eigenvalue weighted by molar-refractivity contribution is 5.81. The van der Waals surface area contributed by atoms with Gasteiger partial charge in [-0.2, -0.15) is 5.10 Å². The number of aryl methyl sites for hydroxylation is 1. The number of amides is 1. The average molecular weight is 314 g/mol. The SMILES string of the molecule is Cn1cc(-c2cccc(OCCNC(=O)C3CCCN3)c2)cn1. The number of nitrogens with one attached hydrogen (secondary N) is 2. The fourth-order valence-corrected chi connectivity index (χ4v) is 2.71. The van der Waals surface area contributed by atoms with Crippen LogP contribution in [0.1, 0.15) is 12.8 Å². The van der Waals surface area contributed by atoms with E-state index in [0.29, 0.717) is 13.2 Å². The number of carbonyl (C=O) groups excluding carboxylic acids is 1. The molecule has 1 aliphatic heterocycles. The van der Waals surface area contributed by atoms with Crippen molar-refractivity contribution in [3.63, 3.8) is 0 Å². The third-order valence-corrected chi connectivity index (χ3v) is 3.92. The van der Waals surface area contributed by atoms with Crippen LogP contribution in [0.5, 0.6) is 5.75 Å². The lowest BCUT2D eigenvalue weighted by Crippen LogP contribution is -2.41. The van der Waals surface area contributed by atoms with Crippen LogP contribution in [0, 0.1) is 0 Å². The Bertz CT molecular complexity index is 662. The highest BCUT2D eigenvalue weighted by Crippen LogP contribution is 2.23. The third-order valence-electron chi connectivity index (χ3n) is 3.92. The molecule has 23 heavy (non-hydrogen) atoms. The van der Waals surface area contributed by atoms with Crippen LogP contribution in [-0.4, -0.2) is 41.4 Å². The minimum absolute atomic E-state index is 0.0380. The fourth-order valence-electron chi connectivity index (χ4n) is 2.71. The topological polar surface area (TPSA) is 68.2 Å². The molecule has 0 aliphatic carbocycles. The zero-order valence-corrected chi connectivity index (χ0v) is 13.3. The number of aromatic nitrogens is 2.